The fourth-order valence-corrected chi connectivity index (χ4v) is 4.27. The van der Waals surface area contributed by atoms with Crippen LogP contribution in [0, 0.1) is 12.7 Å². The minimum absolute atomic E-state index is 0.0772. The van der Waals surface area contributed by atoms with Crippen LogP contribution in [0.1, 0.15) is 35.4 Å². The molecule has 0 aliphatic rings. The Morgan fingerprint density at radius 1 is 1.06 bits per heavy atom. The Labute approximate surface area is 212 Å². The van der Waals surface area contributed by atoms with Crippen molar-refractivity contribution in [2.24, 2.45) is 0 Å². The molecule has 0 amide bonds. The average molecular weight is 508 g/mol. The summed E-state index contributed by atoms with van der Waals surface area (Å²) in [6.07, 6.45) is -0.835. The number of ether oxygens (including phenoxy) is 1. The maximum atomic E-state index is 14.6. The number of hydrogen-bond acceptors (Lipinski definition) is 5. The van der Waals surface area contributed by atoms with Gasteiger partial charge in [0, 0.05) is 27.3 Å². The Kier molecular flexibility index (Phi) is 7.50. The van der Waals surface area contributed by atoms with Crippen molar-refractivity contribution >= 4 is 23.5 Å². The molecule has 0 aliphatic carbocycles. The maximum absolute atomic E-state index is 14.6. The second kappa shape index (κ2) is 10.7. The van der Waals surface area contributed by atoms with Gasteiger partial charge in [0.2, 0.25) is 0 Å². The number of benzene rings is 3. The number of rotatable bonds is 8. The molecular weight excluding hydrogens is 485 g/mol. The van der Waals surface area contributed by atoms with Gasteiger partial charge in [-0.1, -0.05) is 59.2 Å². The van der Waals surface area contributed by atoms with E-state index in [9.17, 15) is 14.0 Å². The summed E-state index contributed by atoms with van der Waals surface area (Å²) in [5.74, 6) is -1.58. The molecular formula is C28H23ClFNO5. The van der Waals surface area contributed by atoms with Gasteiger partial charge < -0.3 is 14.4 Å². The van der Waals surface area contributed by atoms with Gasteiger partial charge in [-0.2, -0.15) is 0 Å². The molecule has 1 N–H and O–H groups in total. The second-order valence-electron chi connectivity index (χ2n) is 8.37. The highest BCUT2D eigenvalue weighted by atomic mass is 35.5. The Morgan fingerprint density at radius 3 is 2.56 bits per heavy atom. The summed E-state index contributed by atoms with van der Waals surface area (Å²) >= 11 is 6.21. The summed E-state index contributed by atoms with van der Waals surface area (Å²) in [5.41, 5.74) is 3.67. The van der Waals surface area contributed by atoms with Crippen LogP contribution < -0.4 is 0 Å². The van der Waals surface area contributed by atoms with Gasteiger partial charge in [-0.15, -0.1) is 0 Å². The van der Waals surface area contributed by atoms with E-state index in [2.05, 4.69) is 5.16 Å². The molecule has 1 heterocycles. The van der Waals surface area contributed by atoms with Crippen LogP contribution >= 0.6 is 11.6 Å². The van der Waals surface area contributed by atoms with E-state index in [4.69, 9.17) is 26.0 Å². The van der Waals surface area contributed by atoms with Crippen molar-refractivity contribution in [3.8, 4) is 22.5 Å². The van der Waals surface area contributed by atoms with E-state index in [-0.39, 0.29) is 18.4 Å². The molecule has 0 saturated carbocycles. The van der Waals surface area contributed by atoms with E-state index >= 15 is 0 Å². The number of carboxylic acid groups (broad SMARTS) is 1. The van der Waals surface area contributed by atoms with Gasteiger partial charge in [-0.25, -0.2) is 4.39 Å². The Hall–Kier alpha value is -3.97. The molecule has 0 fully saturated rings. The Bertz CT molecular complexity index is 1430. The second-order valence-corrected chi connectivity index (χ2v) is 8.78. The van der Waals surface area contributed by atoms with E-state index in [0.717, 1.165) is 0 Å². The number of nitrogens with zero attached hydrogens (tertiary/aromatic N) is 1. The molecule has 4 aromatic rings. The normalized spacial score (nSPS) is 11.8. The molecule has 0 bridgehead atoms. The van der Waals surface area contributed by atoms with E-state index < -0.39 is 23.9 Å². The molecule has 36 heavy (non-hydrogen) atoms. The van der Waals surface area contributed by atoms with Crippen LogP contribution in [0.25, 0.3) is 22.5 Å². The summed E-state index contributed by atoms with van der Waals surface area (Å²) in [7, 11) is 0. The fourth-order valence-electron chi connectivity index (χ4n) is 3.98. The lowest BCUT2D eigenvalue weighted by Gasteiger charge is -2.15. The van der Waals surface area contributed by atoms with Gasteiger partial charge in [0.1, 0.15) is 11.9 Å². The minimum atomic E-state index is -1.00. The first kappa shape index (κ1) is 25.1. The average Bonchev–Trinajstić information content (AvgIpc) is 3.20. The van der Waals surface area contributed by atoms with Gasteiger partial charge in [0.15, 0.2) is 5.76 Å². The van der Waals surface area contributed by atoms with Crippen LogP contribution in [0.3, 0.4) is 0 Å². The number of aryl methyl sites for hydroxylation is 1. The first-order valence-corrected chi connectivity index (χ1v) is 11.6. The largest absolute Gasteiger partial charge is 0.481 e. The number of carbonyl (C=O) groups is 2. The third-order valence-corrected chi connectivity index (χ3v) is 6.12. The molecule has 4 rings (SSSR count). The number of halogens is 2. The smallest absolute Gasteiger partial charge is 0.311 e. The SMILES string of the molecule is Cc1noc(-c2cccc(-c3cc(CC(=O)O)ccc3F)c2)c1CC(=O)OC(C)c1ccccc1Cl. The highest BCUT2D eigenvalue weighted by molar-refractivity contribution is 6.31. The monoisotopic (exact) mass is 507 g/mol. The van der Waals surface area contributed by atoms with Crippen molar-refractivity contribution in [2.45, 2.75) is 32.8 Å². The van der Waals surface area contributed by atoms with Crippen molar-refractivity contribution in [3.63, 3.8) is 0 Å². The molecule has 0 radical (unpaired) electrons. The standard InChI is InChI=1S/C28H23ClFNO5/c1-16-22(15-27(34)35-17(2)21-8-3-4-9-24(21)29)28(36-31-16)20-7-5-6-19(14-20)23-12-18(13-26(32)33)10-11-25(23)30/h3-12,14,17H,13,15H2,1-2H3,(H,32,33). The van der Waals surface area contributed by atoms with Gasteiger partial charge in [-0.05, 0) is 49.2 Å². The van der Waals surface area contributed by atoms with Crippen LogP contribution in [-0.2, 0) is 27.2 Å². The van der Waals surface area contributed by atoms with Gasteiger partial charge in [0.25, 0.3) is 0 Å². The molecule has 1 unspecified atom stereocenters. The molecule has 8 heteroatoms. The lowest BCUT2D eigenvalue weighted by molar-refractivity contribution is -0.147. The summed E-state index contributed by atoms with van der Waals surface area (Å²) in [4.78, 5) is 23.8. The zero-order valence-electron chi connectivity index (χ0n) is 19.6. The van der Waals surface area contributed by atoms with E-state index in [0.29, 0.717) is 44.3 Å². The van der Waals surface area contributed by atoms with Crippen LogP contribution in [0.4, 0.5) is 4.39 Å². The molecule has 1 atom stereocenters. The zero-order chi connectivity index (χ0) is 25.8. The molecule has 0 spiro atoms. The number of aromatic nitrogens is 1. The van der Waals surface area contributed by atoms with Crippen molar-refractivity contribution in [1.29, 1.82) is 0 Å². The predicted octanol–water partition coefficient (Wildman–Crippen LogP) is 6.58. The predicted molar refractivity (Wildman–Crippen MR) is 133 cm³/mol. The summed E-state index contributed by atoms with van der Waals surface area (Å²) < 4.78 is 25.8. The first-order chi connectivity index (χ1) is 17.2. The van der Waals surface area contributed by atoms with Crippen LogP contribution in [0.5, 0.6) is 0 Å². The highest BCUT2D eigenvalue weighted by Crippen LogP contribution is 2.33. The lowest BCUT2D eigenvalue weighted by atomic mass is 9.97. The van der Waals surface area contributed by atoms with E-state index in [1.807, 2.05) is 6.07 Å². The third kappa shape index (κ3) is 5.63. The third-order valence-electron chi connectivity index (χ3n) is 5.78. The van der Waals surface area contributed by atoms with Crippen LogP contribution in [0.15, 0.2) is 71.3 Å². The Morgan fingerprint density at radius 2 is 1.81 bits per heavy atom. The summed E-state index contributed by atoms with van der Waals surface area (Å²) in [5, 5.41) is 13.6. The van der Waals surface area contributed by atoms with Crippen molar-refractivity contribution < 1.29 is 28.3 Å². The summed E-state index contributed by atoms with van der Waals surface area (Å²) in [6, 6.07) is 18.3. The lowest BCUT2D eigenvalue weighted by Crippen LogP contribution is -2.12. The van der Waals surface area contributed by atoms with Crippen molar-refractivity contribution in [1.82, 2.24) is 5.16 Å². The van der Waals surface area contributed by atoms with Crippen LogP contribution in [-0.4, -0.2) is 22.2 Å². The fraction of sp³-hybridized carbons (Fsp3) is 0.179. The zero-order valence-corrected chi connectivity index (χ0v) is 20.4. The number of carbonyl (C=O) groups excluding carboxylic acids is 1. The number of aliphatic carboxylic acids is 1. The molecule has 1 aromatic heterocycles. The molecule has 0 saturated heterocycles. The van der Waals surface area contributed by atoms with Crippen molar-refractivity contribution in [3.05, 3.63) is 100.0 Å². The van der Waals surface area contributed by atoms with Crippen LogP contribution in [0.2, 0.25) is 5.02 Å². The van der Waals surface area contributed by atoms with Gasteiger partial charge in [0.05, 0.1) is 18.5 Å². The number of carboxylic acids is 1. The first-order valence-electron chi connectivity index (χ1n) is 11.2. The maximum Gasteiger partial charge on any atom is 0.311 e. The summed E-state index contributed by atoms with van der Waals surface area (Å²) in [6.45, 7) is 3.48. The van der Waals surface area contributed by atoms with Gasteiger partial charge >= 0.3 is 11.9 Å². The molecule has 0 aliphatic heterocycles. The Balaban J connectivity index is 1.59. The molecule has 3 aromatic carbocycles. The van der Waals surface area contributed by atoms with E-state index in [1.54, 1.807) is 56.3 Å². The molecule has 6 nitrogen and oxygen atoms in total. The number of esters is 1. The topological polar surface area (TPSA) is 89.6 Å². The van der Waals surface area contributed by atoms with Gasteiger partial charge in [-0.3, -0.25) is 9.59 Å². The van der Waals surface area contributed by atoms with Crippen molar-refractivity contribution in [2.75, 3.05) is 0 Å². The number of hydrogen-bond donors (Lipinski definition) is 1. The molecule has 184 valence electrons. The van der Waals surface area contributed by atoms with E-state index in [1.165, 1.54) is 18.2 Å². The minimum Gasteiger partial charge on any atom is -0.481 e. The quantitative estimate of drug-likeness (QED) is 0.271. The highest BCUT2D eigenvalue weighted by Gasteiger charge is 2.22.